The molecular formula is C18H22N4O3S. The van der Waals surface area contributed by atoms with Crippen LogP contribution in [-0.2, 0) is 34.2 Å². The molecule has 1 N–H and O–H groups in total. The average molecular weight is 374 g/mol. The number of hydrogen-bond donors (Lipinski definition) is 1. The lowest BCUT2D eigenvalue weighted by Gasteiger charge is -2.23. The van der Waals surface area contributed by atoms with Crippen LogP contribution in [0.1, 0.15) is 24.7 Å². The van der Waals surface area contributed by atoms with Crippen LogP contribution in [0.25, 0.3) is 0 Å². The summed E-state index contributed by atoms with van der Waals surface area (Å²) in [5.41, 5.74) is 1.72. The molecule has 3 heterocycles. The lowest BCUT2D eigenvalue weighted by molar-refractivity contribution is -0.116. The highest BCUT2D eigenvalue weighted by atomic mass is 32.2. The highest BCUT2D eigenvalue weighted by Crippen LogP contribution is 2.30. The highest BCUT2D eigenvalue weighted by molar-refractivity contribution is 7.89. The first-order valence-corrected chi connectivity index (χ1v) is 10.3. The molecule has 8 heteroatoms. The van der Waals surface area contributed by atoms with Crippen LogP contribution in [0.2, 0.25) is 0 Å². The van der Waals surface area contributed by atoms with E-state index in [1.165, 1.54) is 6.92 Å². The maximum absolute atomic E-state index is 12.7. The minimum Gasteiger partial charge on any atom is -0.335 e. The number of fused-ring (bicyclic) bond motifs is 2. The minimum absolute atomic E-state index is 0.0658. The number of aromatic nitrogens is 2. The molecule has 1 aromatic carbocycles. The Balaban J connectivity index is 1.48. The van der Waals surface area contributed by atoms with E-state index in [-0.39, 0.29) is 16.7 Å². The van der Waals surface area contributed by atoms with E-state index in [1.54, 1.807) is 23.2 Å². The van der Waals surface area contributed by atoms with Gasteiger partial charge in [0.2, 0.25) is 15.9 Å². The van der Waals surface area contributed by atoms with E-state index in [0.717, 1.165) is 37.2 Å². The van der Waals surface area contributed by atoms with Gasteiger partial charge >= 0.3 is 0 Å². The van der Waals surface area contributed by atoms with Gasteiger partial charge in [0.25, 0.3) is 0 Å². The number of amides is 1. The summed E-state index contributed by atoms with van der Waals surface area (Å²) < 4.78 is 30.3. The lowest BCUT2D eigenvalue weighted by Crippen LogP contribution is -2.33. The number of nitrogens with zero attached hydrogens (tertiary/aromatic N) is 3. The average Bonchev–Trinajstić information content (AvgIpc) is 3.25. The van der Waals surface area contributed by atoms with Gasteiger partial charge in [-0.1, -0.05) is 6.07 Å². The summed E-state index contributed by atoms with van der Waals surface area (Å²) in [7, 11) is -3.61. The lowest BCUT2D eigenvalue weighted by atomic mass is 9.98. The molecule has 2 aromatic rings. The molecule has 1 aromatic heterocycles. The van der Waals surface area contributed by atoms with Crippen molar-refractivity contribution in [2.24, 2.45) is 5.92 Å². The van der Waals surface area contributed by atoms with Crippen molar-refractivity contribution in [3.05, 3.63) is 42.0 Å². The number of sulfonamides is 1. The molecule has 0 spiro atoms. The number of imidazole rings is 1. The minimum atomic E-state index is -3.61. The van der Waals surface area contributed by atoms with Crippen LogP contribution in [0.4, 0.5) is 5.69 Å². The third-order valence-electron chi connectivity index (χ3n) is 5.26. The number of carbonyl (C=O) groups is 1. The van der Waals surface area contributed by atoms with Crippen LogP contribution in [0, 0.1) is 5.92 Å². The summed E-state index contributed by atoms with van der Waals surface area (Å²) >= 11 is 0. The fourth-order valence-corrected chi connectivity index (χ4v) is 4.89. The predicted molar refractivity (Wildman–Crippen MR) is 97.4 cm³/mol. The molecule has 0 fully saturated rings. The molecule has 1 atom stereocenters. The van der Waals surface area contributed by atoms with E-state index in [2.05, 4.69) is 14.3 Å². The van der Waals surface area contributed by atoms with Gasteiger partial charge < -0.3 is 9.47 Å². The van der Waals surface area contributed by atoms with Crippen molar-refractivity contribution in [3.63, 3.8) is 0 Å². The molecule has 0 bridgehead atoms. The number of anilines is 1. The SMILES string of the molecule is CC(=O)N1CCc2ccc(S(=O)(=O)NC[C@@H]3CCn4ccnc4C3)cc21. The van der Waals surface area contributed by atoms with Gasteiger partial charge in [-0.25, -0.2) is 18.1 Å². The summed E-state index contributed by atoms with van der Waals surface area (Å²) in [6.45, 7) is 3.37. The van der Waals surface area contributed by atoms with Crippen LogP contribution in [0.3, 0.4) is 0 Å². The molecule has 2 aliphatic rings. The van der Waals surface area contributed by atoms with E-state index in [0.29, 0.717) is 18.8 Å². The van der Waals surface area contributed by atoms with Crippen LogP contribution >= 0.6 is 0 Å². The zero-order valence-corrected chi connectivity index (χ0v) is 15.5. The van der Waals surface area contributed by atoms with E-state index < -0.39 is 10.0 Å². The Morgan fingerprint density at radius 3 is 3.00 bits per heavy atom. The fraction of sp³-hybridized carbons (Fsp3) is 0.444. The quantitative estimate of drug-likeness (QED) is 0.875. The second-order valence-corrected chi connectivity index (χ2v) is 8.73. The summed E-state index contributed by atoms with van der Waals surface area (Å²) in [5.74, 6) is 1.18. The number of aryl methyl sites for hydroxylation is 1. The van der Waals surface area contributed by atoms with Crippen LogP contribution in [0.5, 0.6) is 0 Å². The fourth-order valence-electron chi connectivity index (χ4n) is 3.75. The number of benzene rings is 1. The van der Waals surface area contributed by atoms with Gasteiger partial charge in [0.15, 0.2) is 0 Å². The Bertz CT molecular complexity index is 951. The van der Waals surface area contributed by atoms with Gasteiger partial charge in [-0.05, 0) is 36.5 Å². The Kier molecular flexibility index (Phi) is 4.32. The number of nitrogens with one attached hydrogen (secondary N) is 1. The molecule has 4 rings (SSSR count). The molecule has 0 unspecified atom stereocenters. The maximum Gasteiger partial charge on any atom is 0.240 e. The Morgan fingerprint density at radius 1 is 1.35 bits per heavy atom. The van der Waals surface area contributed by atoms with Gasteiger partial charge in [0.1, 0.15) is 5.82 Å². The van der Waals surface area contributed by atoms with Crippen molar-refractivity contribution in [3.8, 4) is 0 Å². The zero-order valence-electron chi connectivity index (χ0n) is 14.7. The zero-order chi connectivity index (χ0) is 18.3. The predicted octanol–water partition coefficient (Wildman–Crippen LogP) is 1.33. The highest BCUT2D eigenvalue weighted by Gasteiger charge is 2.26. The van der Waals surface area contributed by atoms with Crippen LogP contribution in [0.15, 0.2) is 35.5 Å². The summed E-state index contributed by atoms with van der Waals surface area (Å²) in [6.07, 6.45) is 6.21. The molecular weight excluding hydrogens is 352 g/mol. The standard InChI is InChI=1S/C18H22N4O3S/c1-13(23)22-8-5-15-2-3-16(11-17(15)22)26(24,25)20-12-14-4-7-21-9-6-19-18(21)10-14/h2-3,6,9,11,14,20H,4-5,7-8,10,12H2,1H3/t14-/m1/s1. The monoisotopic (exact) mass is 374 g/mol. The van der Waals surface area contributed by atoms with Gasteiger partial charge in [-0.2, -0.15) is 0 Å². The maximum atomic E-state index is 12.7. The molecule has 2 aliphatic heterocycles. The van der Waals surface area contributed by atoms with Crippen LogP contribution < -0.4 is 9.62 Å². The third kappa shape index (κ3) is 3.14. The smallest absolute Gasteiger partial charge is 0.240 e. The van der Waals surface area contributed by atoms with Crippen molar-refractivity contribution in [1.82, 2.24) is 14.3 Å². The molecule has 1 amide bonds. The summed E-state index contributed by atoms with van der Waals surface area (Å²) in [6, 6.07) is 5.04. The second kappa shape index (κ2) is 6.51. The normalized spacial score (nSPS) is 19.3. The number of carbonyl (C=O) groups excluding carboxylic acids is 1. The van der Waals surface area contributed by atoms with Gasteiger partial charge in [0.05, 0.1) is 4.90 Å². The molecule has 138 valence electrons. The van der Waals surface area contributed by atoms with Crippen LogP contribution in [-0.4, -0.2) is 37.0 Å². The second-order valence-electron chi connectivity index (χ2n) is 6.96. The van der Waals surface area contributed by atoms with E-state index in [4.69, 9.17) is 0 Å². The number of hydrogen-bond acceptors (Lipinski definition) is 4. The molecule has 7 nitrogen and oxygen atoms in total. The third-order valence-corrected chi connectivity index (χ3v) is 6.68. The first-order valence-electron chi connectivity index (χ1n) is 8.85. The largest absolute Gasteiger partial charge is 0.335 e. The molecule has 0 aliphatic carbocycles. The summed E-state index contributed by atoms with van der Waals surface area (Å²) in [5, 5.41) is 0. The van der Waals surface area contributed by atoms with Gasteiger partial charge in [0, 0.05) is 51.1 Å². The van der Waals surface area contributed by atoms with E-state index in [9.17, 15) is 13.2 Å². The Morgan fingerprint density at radius 2 is 2.19 bits per heavy atom. The summed E-state index contributed by atoms with van der Waals surface area (Å²) in [4.78, 5) is 17.9. The van der Waals surface area contributed by atoms with Crippen molar-refractivity contribution >= 4 is 21.6 Å². The van der Waals surface area contributed by atoms with Gasteiger partial charge in [-0.15, -0.1) is 0 Å². The molecule has 0 radical (unpaired) electrons. The van der Waals surface area contributed by atoms with Crippen molar-refractivity contribution in [1.29, 1.82) is 0 Å². The first-order chi connectivity index (χ1) is 12.4. The van der Waals surface area contributed by atoms with E-state index >= 15 is 0 Å². The molecule has 26 heavy (non-hydrogen) atoms. The van der Waals surface area contributed by atoms with E-state index in [1.807, 2.05) is 12.3 Å². The van der Waals surface area contributed by atoms with Crippen molar-refractivity contribution in [2.45, 2.75) is 37.6 Å². The van der Waals surface area contributed by atoms with Gasteiger partial charge in [-0.3, -0.25) is 4.79 Å². The van der Waals surface area contributed by atoms with Crippen molar-refractivity contribution in [2.75, 3.05) is 18.0 Å². The first kappa shape index (κ1) is 17.2. The van der Waals surface area contributed by atoms with Crippen molar-refractivity contribution < 1.29 is 13.2 Å². The topological polar surface area (TPSA) is 84.3 Å². The number of rotatable bonds is 4. The molecule has 0 saturated heterocycles. The Hall–Kier alpha value is -2.19. The Labute approximate surface area is 153 Å². The molecule has 0 saturated carbocycles.